The number of amides is 2. The van der Waals surface area contributed by atoms with Crippen molar-refractivity contribution in [2.75, 3.05) is 0 Å². The summed E-state index contributed by atoms with van der Waals surface area (Å²) >= 11 is 0. The van der Waals surface area contributed by atoms with Gasteiger partial charge in [-0.25, -0.2) is 0 Å². The van der Waals surface area contributed by atoms with E-state index in [0.717, 1.165) is 12.8 Å². The van der Waals surface area contributed by atoms with Gasteiger partial charge in [-0.3, -0.25) is 9.59 Å². The van der Waals surface area contributed by atoms with Crippen molar-refractivity contribution < 1.29 is 14.3 Å². The molecule has 2 amide bonds. The van der Waals surface area contributed by atoms with Gasteiger partial charge >= 0.3 is 0 Å². The fourth-order valence-electron chi connectivity index (χ4n) is 3.97. The lowest BCUT2D eigenvalue weighted by molar-refractivity contribution is -0.138. The predicted molar refractivity (Wildman–Crippen MR) is 91.1 cm³/mol. The van der Waals surface area contributed by atoms with Gasteiger partial charge in [0, 0.05) is 0 Å². The lowest BCUT2D eigenvalue weighted by Crippen LogP contribution is -2.43. The highest BCUT2D eigenvalue weighted by atomic mass is 16.5. The molecule has 1 heterocycles. The maximum Gasteiger partial charge on any atom is 0.249 e. The number of primary amides is 1. The molecule has 4 atom stereocenters. The Morgan fingerprint density at radius 2 is 1.88 bits per heavy atom. The van der Waals surface area contributed by atoms with Crippen LogP contribution < -0.4 is 11.1 Å². The molecule has 0 saturated carbocycles. The third-order valence-electron chi connectivity index (χ3n) is 5.35. The molecular weight excluding hydrogens is 304 g/mol. The highest BCUT2D eigenvalue weighted by Gasteiger charge is 2.37. The minimum absolute atomic E-state index is 0.00122. The van der Waals surface area contributed by atoms with E-state index in [9.17, 15) is 9.59 Å². The van der Waals surface area contributed by atoms with Gasteiger partial charge in [-0.05, 0) is 48.6 Å². The van der Waals surface area contributed by atoms with Gasteiger partial charge in [-0.15, -0.1) is 0 Å². The van der Waals surface area contributed by atoms with Crippen LogP contribution in [0.2, 0.25) is 0 Å². The maximum absolute atomic E-state index is 12.7. The van der Waals surface area contributed by atoms with E-state index >= 15 is 0 Å². The lowest BCUT2D eigenvalue weighted by Gasteiger charge is -2.37. The molecule has 0 spiro atoms. The highest BCUT2D eigenvalue weighted by molar-refractivity contribution is 5.84. The molecule has 3 N–H and O–H groups in total. The van der Waals surface area contributed by atoms with Gasteiger partial charge in [-0.2, -0.15) is 0 Å². The van der Waals surface area contributed by atoms with Crippen molar-refractivity contribution in [3.8, 4) is 0 Å². The van der Waals surface area contributed by atoms with E-state index in [2.05, 4.69) is 31.3 Å². The van der Waals surface area contributed by atoms with Crippen LogP contribution in [0.25, 0.3) is 0 Å². The molecule has 4 unspecified atom stereocenters. The highest BCUT2D eigenvalue weighted by Crippen LogP contribution is 2.38. The van der Waals surface area contributed by atoms with Gasteiger partial charge in [0.15, 0.2) is 0 Å². The Bertz CT molecular complexity index is 629. The first-order valence-corrected chi connectivity index (χ1v) is 8.80. The van der Waals surface area contributed by atoms with Crippen LogP contribution in [0, 0.1) is 11.8 Å². The molecule has 3 rings (SSSR count). The summed E-state index contributed by atoms with van der Waals surface area (Å²) in [6.07, 6.45) is 1.96. The SMILES string of the molecule is CC(C)C1CCc2ccccc2C1NC(=O)C1CCC(C(N)=O)O1. The van der Waals surface area contributed by atoms with Gasteiger partial charge in [-0.1, -0.05) is 38.1 Å². The van der Waals surface area contributed by atoms with E-state index in [-0.39, 0.29) is 11.9 Å². The molecule has 1 aliphatic heterocycles. The van der Waals surface area contributed by atoms with Gasteiger partial charge in [0.25, 0.3) is 0 Å². The zero-order chi connectivity index (χ0) is 17.3. The Morgan fingerprint density at radius 3 is 2.54 bits per heavy atom. The number of benzene rings is 1. The molecule has 0 radical (unpaired) electrons. The molecule has 1 aromatic carbocycles. The van der Waals surface area contributed by atoms with E-state index < -0.39 is 18.1 Å². The summed E-state index contributed by atoms with van der Waals surface area (Å²) < 4.78 is 5.52. The Balaban J connectivity index is 1.76. The quantitative estimate of drug-likeness (QED) is 0.887. The summed E-state index contributed by atoms with van der Waals surface area (Å²) in [5.74, 6) is 0.253. The van der Waals surface area contributed by atoms with Crippen LogP contribution in [0.5, 0.6) is 0 Å². The lowest BCUT2D eigenvalue weighted by atomic mass is 9.74. The fourth-order valence-corrected chi connectivity index (χ4v) is 3.97. The summed E-state index contributed by atoms with van der Waals surface area (Å²) in [5.41, 5.74) is 7.79. The Labute approximate surface area is 142 Å². The number of hydrogen-bond donors (Lipinski definition) is 2. The summed E-state index contributed by atoms with van der Waals surface area (Å²) in [7, 11) is 0. The molecule has 1 fully saturated rings. The number of carbonyl (C=O) groups excluding carboxylic acids is 2. The van der Waals surface area contributed by atoms with Gasteiger partial charge < -0.3 is 15.8 Å². The number of nitrogens with two attached hydrogens (primary N) is 1. The molecule has 0 bridgehead atoms. The average molecular weight is 330 g/mol. The molecule has 2 aliphatic rings. The van der Waals surface area contributed by atoms with Gasteiger partial charge in [0.1, 0.15) is 12.2 Å². The number of fused-ring (bicyclic) bond motifs is 1. The van der Waals surface area contributed by atoms with Crippen LogP contribution in [0.4, 0.5) is 0 Å². The zero-order valence-electron chi connectivity index (χ0n) is 14.3. The standard InChI is InChI=1S/C19H26N2O3/c1-11(2)13-8-7-12-5-3-4-6-14(12)17(13)21-19(23)16-10-9-15(24-16)18(20)22/h3-6,11,13,15-17H,7-10H2,1-2H3,(H2,20,22)(H,21,23). The number of hydrogen-bond acceptors (Lipinski definition) is 3. The maximum atomic E-state index is 12.7. The predicted octanol–water partition coefficient (Wildman–Crippen LogP) is 2.10. The second kappa shape index (κ2) is 6.93. The first-order chi connectivity index (χ1) is 11.5. The van der Waals surface area contributed by atoms with Crippen molar-refractivity contribution in [1.29, 1.82) is 0 Å². The largest absolute Gasteiger partial charge is 0.367 e. The molecule has 5 nitrogen and oxygen atoms in total. The van der Waals surface area contributed by atoms with E-state index in [1.54, 1.807) is 0 Å². The monoisotopic (exact) mass is 330 g/mol. The second-order valence-corrected chi connectivity index (χ2v) is 7.22. The van der Waals surface area contributed by atoms with E-state index in [1.165, 1.54) is 11.1 Å². The minimum atomic E-state index is -0.639. The normalized spacial score (nSPS) is 29.3. The Morgan fingerprint density at radius 1 is 1.17 bits per heavy atom. The van der Waals surface area contributed by atoms with Crippen LogP contribution in [-0.2, 0) is 20.7 Å². The van der Waals surface area contributed by atoms with Crippen LogP contribution in [0.1, 0.15) is 50.3 Å². The molecule has 1 aliphatic carbocycles. The van der Waals surface area contributed by atoms with Crippen LogP contribution in [0.3, 0.4) is 0 Å². The first-order valence-electron chi connectivity index (χ1n) is 8.80. The number of ether oxygens (including phenoxy) is 1. The minimum Gasteiger partial charge on any atom is -0.367 e. The van der Waals surface area contributed by atoms with Crippen LogP contribution in [-0.4, -0.2) is 24.0 Å². The van der Waals surface area contributed by atoms with Crippen molar-refractivity contribution in [1.82, 2.24) is 5.32 Å². The Hall–Kier alpha value is -1.88. The number of aryl methyl sites for hydroxylation is 1. The van der Waals surface area contributed by atoms with E-state index in [0.29, 0.717) is 24.7 Å². The number of carbonyl (C=O) groups is 2. The van der Waals surface area contributed by atoms with Crippen molar-refractivity contribution in [3.05, 3.63) is 35.4 Å². The summed E-state index contributed by atoms with van der Waals surface area (Å²) in [6, 6.07) is 8.32. The van der Waals surface area contributed by atoms with E-state index in [4.69, 9.17) is 10.5 Å². The summed E-state index contributed by atoms with van der Waals surface area (Å²) in [6.45, 7) is 4.40. The number of rotatable bonds is 4. The van der Waals surface area contributed by atoms with Crippen LogP contribution >= 0.6 is 0 Å². The third kappa shape index (κ3) is 3.31. The molecule has 24 heavy (non-hydrogen) atoms. The topological polar surface area (TPSA) is 81.4 Å². The summed E-state index contributed by atoms with van der Waals surface area (Å²) in [5, 5.41) is 3.19. The van der Waals surface area contributed by atoms with Gasteiger partial charge in [0.2, 0.25) is 11.8 Å². The fraction of sp³-hybridized carbons (Fsp3) is 0.579. The summed E-state index contributed by atoms with van der Waals surface area (Å²) in [4.78, 5) is 23.9. The van der Waals surface area contributed by atoms with Crippen molar-refractivity contribution in [2.45, 2.75) is 57.8 Å². The molecule has 1 aromatic rings. The Kier molecular flexibility index (Phi) is 4.90. The average Bonchev–Trinajstić information content (AvgIpc) is 3.05. The molecule has 1 saturated heterocycles. The molecule has 130 valence electrons. The molecule has 0 aromatic heterocycles. The van der Waals surface area contributed by atoms with Crippen molar-refractivity contribution in [2.24, 2.45) is 17.6 Å². The molecular formula is C19H26N2O3. The van der Waals surface area contributed by atoms with Crippen molar-refractivity contribution in [3.63, 3.8) is 0 Å². The zero-order valence-corrected chi connectivity index (χ0v) is 14.3. The first kappa shape index (κ1) is 17.0. The second-order valence-electron chi connectivity index (χ2n) is 7.22. The van der Waals surface area contributed by atoms with Crippen molar-refractivity contribution >= 4 is 11.8 Å². The van der Waals surface area contributed by atoms with Gasteiger partial charge in [0.05, 0.1) is 6.04 Å². The molecule has 5 heteroatoms. The number of nitrogens with one attached hydrogen (secondary N) is 1. The van der Waals surface area contributed by atoms with Crippen LogP contribution in [0.15, 0.2) is 24.3 Å². The smallest absolute Gasteiger partial charge is 0.249 e. The third-order valence-corrected chi connectivity index (χ3v) is 5.35. The van der Waals surface area contributed by atoms with E-state index in [1.807, 2.05) is 12.1 Å².